The van der Waals surface area contributed by atoms with Gasteiger partial charge >= 0.3 is 5.97 Å². The van der Waals surface area contributed by atoms with E-state index in [0.717, 1.165) is 5.57 Å². The van der Waals surface area contributed by atoms with Crippen LogP contribution in [0.15, 0.2) is 22.8 Å². The van der Waals surface area contributed by atoms with Gasteiger partial charge in [0.1, 0.15) is 11.6 Å². The van der Waals surface area contributed by atoms with Crippen LogP contribution in [0.2, 0.25) is 0 Å². The Morgan fingerprint density at radius 1 is 1.42 bits per heavy atom. The minimum absolute atomic E-state index is 0.198. The van der Waals surface area contributed by atoms with Crippen molar-refractivity contribution in [1.82, 2.24) is 0 Å². The lowest BCUT2D eigenvalue weighted by molar-refractivity contribution is -0.132. The van der Waals surface area contributed by atoms with E-state index in [1.54, 1.807) is 19.1 Å². The number of carboxylic acid groups (broad SMARTS) is 1. The number of hydrogen-bond donors (Lipinski definition) is 1. The fourth-order valence-electron chi connectivity index (χ4n) is 0.810. The summed E-state index contributed by atoms with van der Waals surface area (Å²) in [6.45, 7) is 5.31. The van der Waals surface area contributed by atoms with Crippen LogP contribution in [0, 0.1) is 11.3 Å². The van der Waals surface area contributed by atoms with Gasteiger partial charge in [-0.25, -0.2) is 4.79 Å². The fourth-order valence-corrected chi connectivity index (χ4v) is 0.810. The van der Waals surface area contributed by atoms with Gasteiger partial charge in [0.15, 0.2) is 0 Å². The van der Waals surface area contributed by atoms with Crippen molar-refractivity contribution in [2.24, 2.45) is 0 Å². The first-order valence-corrected chi connectivity index (χ1v) is 3.48. The molecule has 0 aromatic carbocycles. The van der Waals surface area contributed by atoms with E-state index >= 15 is 0 Å². The maximum absolute atomic E-state index is 10.4. The molecule has 0 saturated heterocycles. The maximum atomic E-state index is 10.4. The van der Waals surface area contributed by atoms with E-state index in [0.29, 0.717) is 5.57 Å². The molecule has 0 saturated carbocycles. The van der Waals surface area contributed by atoms with E-state index in [-0.39, 0.29) is 5.57 Å². The highest BCUT2D eigenvalue weighted by Gasteiger charge is 2.07. The Morgan fingerprint density at radius 2 is 1.92 bits per heavy atom. The summed E-state index contributed by atoms with van der Waals surface area (Å²) in [6, 6.07) is 1.64. The van der Waals surface area contributed by atoms with Gasteiger partial charge in [-0.15, -0.1) is 0 Å². The average Bonchev–Trinajstić information content (AvgIpc) is 1.85. The molecule has 0 amide bonds. The molecule has 0 rings (SSSR count). The fraction of sp³-hybridized carbons (Fsp3) is 0.333. The molecular formula is C9H11NO2. The zero-order valence-corrected chi connectivity index (χ0v) is 7.38. The summed E-state index contributed by atoms with van der Waals surface area (Å²) < 4.78 is 0. The normalized spacial score (nSPS) is 11.2. The van der Waals surface area contributed by atoms with Gasteiger partial charge in [0.05, 0.1) is 0 Å². The Balaban J connectivity index is 5.03. The SMILES string of the molecule is CC(C)=C/C(C)=C(/C#N)C(=O)O. The zero-order chi connectivity index (χ0) is 9.72. The van der Waals surface area contributed by atoms with Crippen molar-refractivity contribution < 1.29 is 9.90 Å². The molecule has 0 aliphatic rings. The van der Waals surface area contributed by atoms with Crippen molar-refractivity contribution in [1.29, 1.82) is 5.26 Å². The lowest BCUT2D eigenvalue weighted by Gasteiger charge is -1.95. The Kier molecular flexibility index (Phi) is 3.78. The molecule has 0 aliphatic carbocycles. The van der Waals surface area contributed by atoms with Crippen molar-refractivity contribution in [2.45, 2.75) is 20.8 Å². The molecule has 3 heteroatoms. The summed E-state index contributed by atoms with van der Waals surface area (Å²) in [4.78, 5) is 10.4. The summed E-state index contributed by atoms with van der Waals surface area (Å²) >= 11 is 0. The molecule has 0 fully saturated rings. The molecular weight excluding hydrogens is 154 g/mol. The summed E-state index contributed by atoms with van der Waals surface area (Å²) in [5.41, 5.74) is 1.27. The third kappa shape index (κ3) is 3.02. The molecule has 0 aromatic rings. The smallest absolute Gasteiger partial charge is 0.346 e. The second kappa shape index (κ2) is 4.35. The molecule has 0 aromatic heterocycles. The van der Waals surface area contributed by atoms with Crippen molar-refractivity contribution in [3.8, 4) is 6.07 Å². The number of allylic oxidation sites excluding steroid dienone is 3. The van der Waals surface area contributed by atoms with Crippen molar-refractivity contribution in [3.63, 3.8) is 0 Å². The molecule has 0 bridgehead atoms. The predicted octanol–water partition coefficient (Wildman–Crippen LogP) is 1.88. The molecule has 0 atom stereocenters. The van der Waals surface area contributed by atoms with E-state index in [2.05, 4.69) is 0 Å². The molecule has 0 aliphatic heterocycles. The van der Waals surface area contributed by atoms with Crippen LogP contribution in [0.4, 0.5) is 0 Å². The van der Waals surface area contributed by atoms with E-state index in [1.165, 1.54) is 0 Å². The number of carbonyl (C=O) groups is 1. The molecule has 64 valence electrons. The Labute approximate surface area is 71.6 Å². The van der Waals surface area contributed by atoms with Crippen molar-refractivity contribution in [3.05, 3.63) is 22.8 Å². The molecule has 0 radical (unpaired) electrons. The quantitative estimate of drug-likeness (QED) is 0.386. The van der Waals surface area contributed by atoms with Gasteiger partial charge < -0.3 is 5.11 Å². The van der Waals surface area contributed by atoms with Crippen LogP contribution in [0.1, 0.15) is 20.8 Å². The lowest BCUT2D eigenvalue weighted by atomic mass is 10.1. The average molecular weight is 165 g/mol. The molecule has 0 heterocycles. The lowest BCUT2D eigenvalue weighted by Crippen LogP contribution is -2.00. The van der Waals surface area contributed by atoms with Crippen LogP contribution in [-0.2, 0) is 4.79 Å². The predicted molar refractivity (Wildman–Crippen MR) is 45.4 cm³/mol. The topological polar surface area (TPSA) is 61.1 Å². The van der Waals surface area contributed by atoms with Crippen LogP contribution >= 0.6 is 0 Å². The monoisotopic (exact) mass is 165 g/mol. The highest BCUT2D eigenvalue weighted by molar-refractivity contribution is 5.92. The minimum Gasteiger partial charge on any atom is -0.477 e. The summed E-state index contributed by atoms with van der Waals surface area (Å²) in [5.74, 6) is -1.17. The van der Waals surface area contributed by atoms with E-state index in [1.807, 2.05) is 13.8 Å². The standard InChI is InChI=1S/C9H11NO2/c1-6(2)4-7(3)8(5-10)9(11)12/h4H,1-3H3,(H,11,12)/b8-7-. The third-order valence-corrected chi connectivity index (χ3v) is 1.23. The van der Waals surface area contributed by atoms with Gasteiger partial charge in [-0.05, 0) is 26.3 Å². The second-order valence-corrected chi connectivity index (χ2v) is 2.70. The first kappa shape index (κ1) is 10.4. The van der Waals surface area contributed by atoms with Crippen LogP contribution in [0.25, 0.3) is 0 Å². The molecule has 0 unspecified atom stereocenters. The van der Waals surface area contributed by atoms with Gasteiger partial charge in [-0.1, -0.05) is 11.6 Å². The van der Waals surface area contributed by atoms with Crippen LogP contribution in [-0.4, -0.2) is 11.1 Å². The van der Waals surface area contributed by atoms with Gasteiger partial charge in [-0.3, -0.25) is 0 Å². The van der Waals surface area contributed by atoms with Crippen LogP contribution in [0.5, 0.6) is 0 Å². The van der Waals surface area contributed by atoms with Crippen molar-refractivity contribution >= 4 is 5.97 Å². The molecule has 12 heavy (non-hydrogen) atoms. The summed E-state index contributed by atoms with van der Waals surface area (Å²) in [5, 5.41) is 17.0. The van der Waals surface area contributed by atoms with Gasteiger partial charge in [-0.2, -0.15) is 5.26 Å². The number of nitriles is 1. The summed E-state index contributed by atoms with van der Waals surface area (Å²) in [6.07, 6.45) is 1.67. The van der Waals surface area contributed by atoms with Crippen LogP contribution in [0.3, 0.4) is 0 Å². The van der Waals surface area contributed by atoms with Gasteiger partial charge in [0.25, 0.3) is 0 Å². The Bertz CT molecular complexity index is 288. The number of hydrogen-bond acceptors (Lipinski definition) is 2. The number of nitrogens with zero attached hydrogens (tertiary/aromatic N) is 1. The highest BCUT2D eigenvalue weighted by atomic mass is 16.4. The maximum Gasteiger partial charge on any atom is 0.346 e. The number of aliphatic carboxylic acids is 1. The molecule has 0 spiro atoms. The third-order valence-electron chi connectivity index (χ3n) is 1.23. The van der Waals surface area contributed by atoms with E-state index < -0.39 is 5.97 Å². The summed E-state index contributed by atoms with van der Waals surface area (Å²) in [7, 11) is 0. The Hall–Kier alpha value is -1.56. The van der Waals surface area contributed by atoms with Crippen LogP contribution < -0.4 is 0 Å². The largest absolute Gasteiger partial charge is 0.477 e. The Morgan fingerprint density at radius 3 is 2.17 bits per heavy atom. The number of rotatable bonds is 2. The number of carboxylic acids is 1. The molecule has 1 N–H and O–H groups in total. The zero-order valence-electron chi connectivity index (χ0n) is 7.38. The van der Waals surface area contributed by atoms with Gasteiger partial charge in [0, 0.05) is 0 Å². The van der Waals surface area contributed by atoms with Crippen molar-refractivity contribution in [2.75, 3.05) is 0 Å². The van der Waals surface area contributed by atoms with E-state index in [4.69, 9.17) is 10.4 Å². The highest BCUT2D eigenvalue weighted by Crippen LogP contribution is 2.07. The van der Waals surface area contributed by atoms with E-state index in [9.17, 15) is 4.79 Å². The first-order valence-electron chi connectivity index (χ1n) is 3.48. The van der Waals surface area contributed by atoms with Gasteiger partial charge in [0.2, 0.25) is 0 Å². The molecule has 3 nitrogen and oxygen atoms in total. The second-order valence-electron chi connectivity index (χ2n) is 2.70. The first-order chi connectivity index (χ1) is 5.49. The minimum atomic E-state index is -1.17.